The van der Waals surface area contributed by atoms with Gasteiger partial charge in [0.25, 0.3) is 0 Å². The monoisotopic (exact) mass is 284 g/mol. The molecule has 21 heavy (non-hydrogen) atoms. The van der Waals surface area contributed by atoms with Crippen LogP contribution in [0.5, 0.6) is 0 Å². The van der Waals surface area contributed by atoms with Crippen LogP contribution in [0.25, 0.3) is 17.0 Å². The second kappa shape index (κ2) is 5.52. The molecule has 3 aromatic rings. The first kappa shape index (κ1) is 13.5. The smallest absolute Gasteiger partial charge is 0.236 e. The molecule has 0 aliphatic rings. The molecule has 0 atom stereocenters. The molecule has 2 heterocycles. The van der Waals surface area contributed by atoms with Gasteiger partial charge in [-0.2, -0.15) is 4.98 Å². The maximum absolute atomic E-state index is 12.4. The van der Waals surface area contributed by atoms with Crippen molar-refractivity contribution in [1.29, 1.82) is 0 Å². The fraction of sp³-hybridized carbons (Fsp3) is 0.250. The number of alkyl halides is 1. The summed E-state index contributed by atoms with van der Waals surface area (Å²) in [5, 5.41) is 0. The van der Waals surface area contributed by atoms with Crippen LogP contribution in [0.15, 0.2) is 42.7 Å². The van der Waals surface area contributed by atoms with Crippen molar-refractivity contribution in [2.45, 2.75) is 6.92 Å². The lowest BCUT2D eigenvalue weighted by Crippen LogP contribution is -2.21. The van der Waals surface area contributed by atoms with Crippen LogP contribution in [0.3, 0.4) is 0 Å². The lowest BCUT2D eigenvalue weighted by Gasteiger charge is -2.15. The molecule has 0 aliphatic carbocycles. The molecule has 0 fully saturated rings. The van der Waals surface area contributed by atoms with E-state index in [0.29, 0.717) is 12.3 Å². The maximum Gasteiger partial charge on any atom is 0.236 e. The molecule has 0 N–H and O–H groups in total. The van der Waals surface area contributed by atoms with E-state index in [1.54, 1.807) is 4.90 Å². The van der Waals surface area contributed by atoms with Crippen LogP contribution in [-0.4, -0.2) is 34.6 Å². The van der Waals surface area contributed by atoms with Crippen molar-refractivity contribution in [1.82, 2.24) is 14.4 Å². The number of rotatable bonds is 4. The van der Waals surface area contributed by atoms with Crippen molar-refractivity contribution >= 4 is 11.6 Å². The number of anilines is 1. The Balaban J connectivity index is 1.98. The summed E-state index contributed by atoms with van der Waals surface area (Å²) in [6, 6.07) is 10.1. The van der Waals surface area contributed by atoms with Crippen molar-refractivity contribution in [3.8, 4) is 11.3 Å². The summed E-state index contributed by atoms with van der Waals surface area (Å²) >= 11 is 0. The highest BCUT2D eigenvalue weighted by atomic mass is 19.1. The summed E-state index contributed by atoms with van der Waals surface area (Å²) in [4.78, 5) is 10.8. The standard InChI is InChI=1S/C16H17FN4/c1-12-3-5-13(6-4-12)14-11-21-9-7-15(19-16(21)18-14)20(2)10-8-17/h3-7,9,11H,8,10H2,1-2H3. The van der Waals surface area contributed by atoms with E-state index < -0.39 is 6.67 Å². The van der Waals surface area contributed by atoms with Crippen LogP contribution < -0.4 is 4.90 Å². The van der Waals surface area contributed by atoms with E-state index in [-0.39, 0.29) is 0 Å². The van der Waals surface area contributed by atoms with Crippen LogP contribution in [-0.2, 0) is 0 Å². The highest BCUT2D eigenvalue weighted by molar-refractivity contribution is 5.62. The fourth-order valence-electron chi connectivity index (χ4n) is 2.18. The number of hydrogen-bond donors (Lipinski definition) is 0. The van der Waals surface area contributed by atoms with Gasteiger partial charge >= 0.3 is 0 Å². The molecule has 3 rings (SSSR count). The zero-order chi connectivity index (χ0) is 14.8. The van der Waals surface area contributed by atoms with Gasteiger partial charge in [-0.1, -0.05) is 29.8 Å². The first-order valence-corrected chi connectivity index (χ1v) is 6.87. The molecule has 0 bridgehead atoms. The van der Waals surface area contributed by atoms with Crippen molar-refractivity contribution < 1.29 is 4.39 Å². The van der Waals surface area contributed by atoms with Crippen LogP contribution in [0.4, 0.5) is 10.2 Å². The summed E-state index contributed by atoms with van der Waals surface area (Å²) in [6.45, 7) is 1.99. The van der Waals surface area contributed by atoms with Gasteiger partial charge in [0.05, 0.1) is 5.69 Å². The zero-order valence-electron chi connectivity index (χ0n) is 12.1. The van der Waals surface area contributed by atoms with E-state index in [4.69, 9.17) is 0 Å². The summed E-state index contributed by atoms with van der Waals surface area (Å²) in [7, 11) is 1.82. The van der Waals surface area contributed by atoms with Gasteiger partial charge in [-0.05, 0) is 13.0 Å². The topological polar surface area (TPSA) is 33.4 Å². The number of benzene rings is 1. The normalized spacial score (nSPS) is 11.0. The molecule has 0 aliphatic heterocycles. The molecule has 0 radical (unpaired) electrons. The van der Waals surface area contributed by atoms with Crippen molar-refractivity contribution in [2.24, 2.45) is 0 Å². The summed E-state index contributed by atoms with van der Waals surface area (Å²) in [6.07, 6.45) is 3.85. The minimum atomic E-state index is -0.396. The molecular weight excluding hydrogens is 267 g/mol. The molecule has 0 saturated heterocycles. The largest absolute Gasteiger partial charge is 0.357 e. The second-order valence-corrected chi connectivity index (χ2v) is 5.10. The van der Waals surface area contributed by atoms with Gasteiger partial charge in [0.2, 0.25) is 5.78 Å². The number of aromatic nitrogens is 3. The Kier molecular flexibility index (Phi) is 3.56. The molecule has 0 saturated carbocycles. The third kappa shape index (κ3) is 2.72. The predicted octanol–water partition coefficient (Wildman–Crippen LogP) is 3.11. The van der Waals surface area contributed by atoms with Crippen LogP contribution >= 0.6 is 0 Å². The molecule has 0 amide bonds. The SMILES string of the molecule is Cc1ccc(-c2cn3ccc(N(C)CCF)nc3n2)cc1. The summed E-state index contributed by atoms with van der Waals surface area (Å²) < 4.78 is 14.3. The Hall–Kier alpha value is -2.43. The Morgan fingerprint density at radius 3 is 2.62 bits per heavy atom. The third-order valence-corrected chi connectivity index (χ3v) is 3.47. The molecule has 5 heteroatoms. The summed E-state index contributed by atoms with van der Waals surface area (Å²) in [5.74, 6) is 1.34. The van der Waals surface area contributed by atoms with E-state index in [0.717, 1.165) is 17.1 Å². The Bertz CT molecular complexity index is 749. The maximum atomic E-state index is 12.4. The van der Waals surface area contributed by atoms with Gasteiger partial charge in [-0.25, -0.2) is 9.37 Å². The number of fused-ring (bicyclic) bond motifs is 1. The van der Waals surface area contributed by atoms with Crippen LogP contribution in [0, 0.1) is 6.92 Å². The second-order valence-electron chi connectivity index (χ2n) is 5.10. The van der Waals surface area contributed by atoms with Crippen LogP contribution in [0.2, 0.25) is 0 Å². The average molecular weight is 284 g/mol. The first-order chi connectivity index (χ1) is 10.2. The number of hydrogen-bond acceptors (Lipinski definition) is 3. The zero-order valence-corrected chi connectivity index (χ0v) is 12.1. The predicted molar refractivity (Wildman–Crippen MR) is 82.4 cm³/mol. The van der Waals surface area contributed by atoms with Crippen molar-refractivity contribution in [3.05, 3.63) is 48.3 Å². The van der Waals surface area contributed by atoms with E-state index in [1.165, 1.54) is 5.56 Å². The van der Waals surface area contributed by atoms with Crippen molar-refractivity contribution in [3.63, 3.8) is 0 Å². The molecule has 108 valence electrons. The van der Waals surface area contributed by atoms with E-state index in [9.17, 15) is 4.39 Å². The quantitative estimate of drug-likeness (QED) is 0.738. The third-order valence-electron chi connectivity index (χ3n) is 3.47. The van der Waals surface area contributed by atoms with Gasteiger partial charge in [-0.15, -0.1) is 0 Å². The van der Waals surface area contributed by atoms with Gasteiger partial charge in [-0.3, -0.25) is 4.40 Å². The number of imidazole rings is 1. The molecule has 2 aromatic heterocycles. The molecular formula is C16H17FN4. The Morgan fingerprint density at radius 1 is 1.14 bits per heavy atom. The average Bonchev–Trinajstić information content (AvgIpc) is 2.91. The number of aryl methyl sites for hydroxylation is 1. The lowest BCUT2D eigenvalue weighted by molar-refractivity contribution is 0.496. The Morgan fingerprint density at radius 2 is 1.90 bits per heavy atom. The molecule has 4 nitrogen and oxygen atoms in total. The Labute approximate surface area is 122 Å². The van der Waals surface area contributed by atoms with E-state index >= 15 is 0 Å². The number of halogens is 1. The fourth-order valence-corrected chi connectivity index (χ4v) is 2.18. The molecule has 0 unspecified atom stereocenters. The van der Waals surface area contributed by atoms with E-state index in [1.807, 2.05) is 42.0 Å². The summed E-state index contributed by atoms with van der Waals surface area (Å²) in [5.41, 5.74) is 3.16. The number of nitrogens with zero attached hydrogens (tertiary/aromatic N) is 4. The van der Waals surface area contributed by atoms with E-state index in [2.05, 4.69) is 29.0 Å². The van der Waals surface area contributed by atoms with Crippen molar-refractivity contribution in [2.75, 3.05) is 25.2 Å². The first-order valence-electron chi connectivity index (χ1n) is 6.87. The van der Waals surface area contributed by atoms with Gasteiger partial charge in [0.1, 0.15) is 12.5 Å². The molecule has 1 aromatic carbocycles. The van der Waals surface area contributed by atoms with Gasteiger partial charge in [0.15, 0.2) is 0 Å². The highest BCUT2D eigenvalue weighted by Crippen LogP contribution is 2.20. The van der Waals surface area contributed by atoms with Gasteiger partial charge < -0.3 is 4.90 Å². The lowest BCUT2D eigenvalue weighted by atomic mass is 10.1. The molecule has 0 spiro atoms. The van der Waals surface area contributed by atoms with Gasteiger partial charge in [0, 0.05) is 31.5 Å². The van der Waals surface area contributed by atoms with Crippen LogP contribution in [0.1, 0.15) is 5.56 Å². The highest BCUT2D eigenvalue weighted by Gasteiger charge is 2.08. The minimum absolute atomic E-state index is 0.328. The minimum Gasteiger partial charge on any atom is -0.357 e.